The minimum Gasteiger partial charge on any atom is -0.507 e. The van der Waals surface area contributed by atoms with Gasteiger partial charge in [-0.15, -0.1) is 0 Å². The summed E-state index contributed by atoms with van der Waals surface area (Å²) in [5, 5.41) is 11.5. The summed E-state index contributed by atoms with van der Waals surface area (Å²) < 4.78 is 87.9. The van der Waals surface area contributed by atoms with Gasteiger partial charge in [0.1, 0.15) is 11.6 Å². The highest BCUT2D eigenvalue weighted by molar-refractivity contribution is 5.97. The summed E-state index contributed by atoms with van der Waals surface area (Å²) in [5.41, 5.74) is 7.40. The maximum absolute atomic E-state index is 11.5. The number of rotatable bonds is 6. The summed E-state index contributed by atoms with van der Waals surface area (Å²) in [5.74, 6) is 0.562. The molecule has 0 radical (unpaired) electrons. The number of para-hydroxylation sites is 2. The first-order valence-electron chi connectivity index (χ1n) is 24.9. The molecule has 1 N–H and O–H groups in total. The van der Waals surface area contributed by atoms with E-state index in [1.165, 1.54) is 5.56 Å². The van der Waals surface area contributed by atoms with E-state index in [1.807, 2.05) is 69.3 Å². The van der Waals surface area contributed by atoms with Crippen molar-refractivity contribution in [3.8, 4) is 67.5 Å². The van der Waals surface area contributed by atoms with Crippen molar-refractivity contribution < 1.29 is 18.8 Å². The maximum Gasteiger partial charge on any atom is 0.149 e. The number of aromatic nitrogens is 3. The van der Waals surface area contributed by atoms with Crippen LogP contribution in [0.2, 0.25) is 0 Å². The van der Waals surface area contributed by atoms with Gasteiger partial charge in [0.05, 0.1) is 37.6 Å². The van der Waals surface area contributed by atoms with Crippen LogP contribution < -0.4 is 0 Å². The molecular weight excluding hydrogens is 719 g/mol. The Morgan fingerprint density at radius 1 is 0.559 bits per heavy atom. The van der Waals surface area contributed by atoms with Gasteiger partial charge in [-0.3, -0.25) is 9.55 Å². The fourth-order valence-electron chi connectivity index (χ4n) is 7.37. The van der Waals surface area contributed by atoms with E-state index in [0.29, 0.717) is 33.6 Å². The largest absolute Gasteiger partial charge is 0.507 e. The molecule has 6 aromatic carbocycles. The smallest absolute Gasteiger partial charge is 0.149 e. The molecule has 0 fully saturated rings. The summed E-state index contributed by atoms with van der Waals surface area (Å²) >= 11 is 0. The molecule has 0 spiro atoms. The molecule has 0 aliphatic rings. The Morgan fingerprint density at radius 3 is 1.90 bits per heavy atom. The van der Waals surface area contributed by atoms with E-state index >= 15 is 0 Å². The van der Waals surface area contributed by atoms with Crippen molar-refractivity contribution in [1.29, 1.82) is 0 Å². The lowest BCUT2D eigenvalue weighted by Gasteiger charge is -2.24. The van der Waals surface area contributed by atoms with Gasteiger partial charge in [0.25, 0.3) is 0 Å². The molecular formula is C55H55N3O. The van der Waals surface area contributed by atoms with Crippen LogP contribution in [0.4, 0.5) is 0 Å². The second-order valence-corrected chi connectivity index (χ2v) is 18.3. The monoisotopic (exact) mass is 783 g/mol. The summed E-state index contributed by atoms with van der Waals surface area (Å²) in [6, 6.07) is 29.8. The number of aromatic hydroxyl groups is 1. The van der Waals surface area contributed by atoms with Crippen molar-refractivity contribution in [2.24, 2.45) is 0 Å². The predicted molar refractivity (Wildman–Crippen MR) is 249 cm³/mol. The maximum atomic E-state index is 11.5. The molecule has 0 saturated carbocycles. The molecule has 0 aliphatic heterocycles. The van der Waals surface area contributed by atoms with Gasteiger partial charge in [-0.25, -0.2) is 4.98 Å². The standard InChI is InChI=1S/C55H55N3O/c1-35-18-20-36(21-19-35)38-28-29-56-47(33-38)40-30-39(31-43(32-40)55(8,9)10)44-15-13-16-49-51(44)57-52(45-14-11-12-17-50(45)59)58(49)48-27-26-42(54(5,6)7)34-46(48)37-22-24-41(25-23-37)53(2,3)4/h11-34,59H,1-10H3/i1D3,18D,19D,20D,21D,28D,29D,33D. The number of imidazole rings is 1. The fraction of sp³-hybridized carbons (Fsp3) is 0.236. The minimum atomic E-state index is -2.96. The molecule has 2 aromatic heterocycles. The number of hydrogen-bond donors (Lipinski definition) is 1. The molecule has 296 valence electrons. The van der Waals surface area contributed by atoms with E-state index in [0.717, 1.165) is 33.5 Å². The molecule has 4 nitrogen and oxygen atoms in total. The van der Waals surface area contributed by atoms with Crippen LogP contribution in [-0.2, 0) is 16.2 Å². The van der Waals surface area contributed by atoms with Gasteiger partial charge in [-0.05, 0) is 117 Å². The average Bonchev–Trinajstić information content (AvgIpc) is 3.66. The summed E-state index contributed by atoms with van der Waals surface area (Å²) in [7, 11) is 0. The summed E-state index contributed by atoms with van der Waals surface area (Å²) in [4.78, 5) is 9.82. The first-order chi connectivity index (χ1) is 32.1. The third-order valence-corrected chi connectivity index (χ3v) is 10.8. The molecule has 2 heterocycles. The van der Waals surface area contributed by atoms with Crippen LogP contribution in [0.3, 0.4) is 0 Å². The molecule has 0 bridgehead atoms. The Balaban J connectivity index is 1.42. The fourth-order valence-corrected chi connectivity index (χ4v) is 7.37. The van der Waals surface area contributed by atoms with Gasteiger partial charge in [0.15, 0.2) is 0 Å². The number of pyridine rings is 1. The van der Waals surface area contributed by atoms with E-state index < -0.39 is 65.8 Å². The van der Waals surface area contributed by atoms with E-state index in [2.05, 4.69) is 93.6 Å². The lowest BCUT2D eigenvalue weighted by Crippen LogP contribution is -2.12. The molecule has 0 saturated heterocycles. The van der Waals surface area contributed by atoms with E-state index in [1.54, 1.807) is 12.1 Å². The number of benzene rings is 6. The van der Waals surface area contributed by atoms with Gasteiger partial charge in [0.2, 0.25) is 0 Å². The second kappa shape index (κ2) is 14.8. The number of phenolic OH excluding ortho intramolecular Hbond substituents is 1. The van der Waals surface area contributed by atoms with Gasteiger partial charge >= 0.3 is 0 Å². The van der Waals surface area contributed by atoms with E-state index in [-0.39, 0.29) is 27.8 Å². The minimum absolute atomic E-state index is 0.0382. The first kappa shape index (κ1) is 29.0. The Bertz CT molecular complexity index is 3320. The van der Waals surface area contributed by atoms with Crippen LogP contribution in [0.15, 0.2) is 146 Å². The molecule has 8 rings (SSSR count). The Kier molecular flexibility index (Phi) is 7.30. The normalized spacial score (nSPS) is 14.9. The highest BCUT2D eigenvalue weighted by Crippen LogP contribution is 2.43. The van der Waals surface area contributed by atoms with Gasteiger partial charge in [-0.2, -0.15) is 0 Å². The van der Waals surface area contributed by atoms with Crippen LogP contribution in [0.5, 0.6) is 5.75 Å². The zero-order valence-electron chi connectivity index (χ0n) is 45.1. The second-order valence-electron chi connectivity index (χ2n) is 18.3. The van der Waals surface area contributed by atoms with Crippen LogP contribution in [0.25, 0.3) is 72.7 Å². The highest BCUT2D eigenvalue weighted by Gasteiger charge is 2.25. The molecule has 0 atom stereocenters. The van der Waals surface area contributed by atoms with Crippen LogP contribution >= 0.6 is 0 Å². The van der Waals surface area contributed by atoms with E-state index in [4.69, 9.17) is 17.3 Å². The van der Waals surface area contributed by atoms with Crippen molar-refractivity contribution in [3.05, 3.63) is 168 Å². The van der Waals surface area contributed by atoms with Crippen LogP contribution in [-0.4, -0.2) is 19.6 Å². The lowest BCUT2D eigenvalue weighted by atomic mass is 9.83. The third kappa shape index (κ3) is 7.84. The number of phenols is 1. The molecule has 0 aliphatic carbocycles. The average molecular weight is 784 g/mol. The first-order valence-corrected chi connectivity index (χ1v) is 19.9. The number of hydrogen-bond acceptors (Lipinski definition) is 3. The number of nitrogens with zero attached hydrogens (tertiary/aromatic N) is 3. The third-order valence-electron chi connectivity index (χ3n) is 10.8. The predicted octanol–water partition coefficient (Wildman–Crippen LogP) is 14.7. The topological polar surface area (TPSA) is 50.9 Å². The summed E-state index contributed by atoms with van der Waals surface area (Å²) in [6.07, 6.45) is -0.565. The highest BCUT2D eigenvalue weighted by atomic mass is 16.3. The van der Waals surface area contributed by atoms with Crippen LogP contribution in [0.1, 0.15) is 98.3 Å². The molecule has 59 heavy (non-hydrogen) atoms. The van der Waals surface area contributed by atoms with Gasteiger partial charge in [-0.1, -0.05) is 153 Å². The zero-order valence-corrected chi connectivity index (χ0v) is 35.1. The Morgan fingerprint density at radius 2 is 1.22 bits per heavy atom. The lowest BCUT2D eigenvalue weighted by molar-refractivity contribution is 0.477. The van der Waals surface area contributed by atoms with Crippen molar-refractivity contribution in [3.63, 3.8) is 0 Å². The van der Waals surface area contributed by atoms with Crippen LogP contribution in [0, 0.1) is 6.85 Å². The zero-order chi connectivity index (χ0) is 50.4. The van der Waals surface area contributed by atoms with Crippen molar-refractivity contribution in [2.45, 2.75) is 85.4 Å². The van der Waals surface area contributed by atoms with Gasteiger partial charge in [0, 0.05) is 27.0 Å². The summed E-state index contributed by atoms with van der Waals surface area (Å²) in [6.45, 7) is 16.3. The van der Waals surface area contributed by atoms with Crippen molar-refractivity contribution in [2.75, 3.05) is 0 Å². The van der Waals surface area contributed by atoms with Gasteiger partial charge < -0.3 is 5.11 Å². The quantitative estimate of drug-likeness (QED) is 0.183. The Labute approximate surface area is 364 Å². The Hall–Kier alpha value is -6.26. The molecule has 0 unspecified atom stereocenters. The molecule has 8 aromatic rings. The molecule has 4 heteroatoms. The SMILES string of the molecule is [2H]c1nc(-c2cc(-c3cccc4c3nc(-c3ccccc3O)n4-c3ccc(C(C)(C)C)cc3-c3ccc(C(C)(C)C)cc3)cc(C(C)(C)C)c2)c([2H])c(-c2c([2H])c([2H])c(C([2H])([2H])[2H])c([2H])c2[2H])c1[2H]. The van der Waals surface area contributed by atoms with E-state index in [9.17, 15) is 6.48 Å². The number of fused-ring (bicyclic) bond motifs is 1. The van der Waals surface area contributed by atoms with Crippen molar-refractivity contribution in [1.82, 2.24) is 14.5 Å². The molecule has 0 amide bonds. The van der Waals surface area contributed by atoms with Crippen molar-refractivity contribution >= 4 is 11.0 Å².